The summed E-state index contributed by atoms with van der Waals surface area (Å²) in [5.41, 5.74) is 1.67. The second kappa shape index (κ2) is 6.94. The molecule has 1 aliphatic rings. The summed E-state index contributed by atoms with van der Waals surface area (Å²) in [4.78, 5) is 14.8. The molecule has 0 aromatic heterocycles. The van der Waals surface area contributed by atoms with Crippen molar-refractivity contribution in [2.24, 2.45) is 0 Å². The average Bonchev–Trinajstić information content (AvgIpc) is 2.46. The SMILES string of the molecule is COc1ccc(C)cc1C(=O)N1CCCCC1CC(C)O. The summed E-state index contributed by atoms with van der Waals surface area (Å²) in [6, 6.07) is 5.79. The number of amides is 1. The summed E-state index contributed by atoms with van der Waals surface area (Å²) >= 11 is 0. The minimum atomic E-state index is -0.386. The van der Waals surface area contributed by atoms with Crippen molar-refractivity contribution in [1.29, 1.82) is 0 Å². The number of hydrogen-bond donors (Lipinski definition) is 1. The fraction of sp³-hybridized carbons (Fsp3) is 0.588. The summed E-state index contributed by atoms with van der Waals surface area (Å²) < 4.78 is 5.33. The molecule has 1 aliphatic heterocycles. The zero-order chi connectivity index (χ0) is 15.4. The summed E-state index contributed by atoms with van der Waals surface area (Å²) in [7, 11) is 1.59. The monoisotopic (exact) mass is 291 g/mol. The molecule has 2 rings (SSSR count). The van der Waals surface area contributed by atoms with E-state index in [0.717, 1.165) is 31.4 Å². The highest BCUT2D eigenvalue weighted by Gasteiger charge is 2.29. The molecule has 1 aromatic carbocycles. The standard InChI is InChI=1S/C17H25NO3/c1-12-7-8-16(21-3)15(10-12)17(20)18-9-5-4-6-14(18)11-13(2)19/h7-8,10,13-14,19H,4-6,9,11H2,1-3H3. The molecule has 1 saturated heterocycles. The normalized spacial score (nSPS) is 20.2. The van der Waals surface area contributed by atoms with E-state index in [1.54, 1.807) is 14.0 Å². The van der Waals surface area contributed by atoms with Gasteiger partial charge in [0.15, 0.2) is 0 Å². The Balaban J connectivity index is 2.26. The number of methoxy groups -OCH3 is 1. The number of aliphatic hydroxyl groups excluding tert-OH is 1. The van der Waals surface area contributed by atoms with Crippen molar-refractivity contribution in [3.05, 3.63) is 29.3 Å². The molecule has 1 aromatic rings. The van der Waals surface area contributed by atoms with Crippen molar-refractivity contribution < 1.29 is 14.6 Å². The van der Waals surface area contributed by atoms with Gasteiger partial charge in [-0.25, -0.2) is 0 Å². The van der Waals surface area contributed by atoms with Crippen LogP contribution in [0.4, 0.5) is 0 Å². The van der Waals surface area contributed by atoms with Gasteiger partial charge in [-0.05, 0) is 51.7 Å². The first-order valence-electron chi connectivity index (χ1n) is 7.66. The molecule has 1 N–H and O–H groups in total. The summed E-state index contributed by atoms with van der Waals surface area (Å²) in [6.45, 7) is 4.51. The molecule has 0 bridgehead atoms. The molecular weight excluding hydrogens is 266 g/mol. The fourth-order valence-electron chi connectivity index (χ4n) is 3.05. The highest BCUT2D eigenvalue weighted by Crippen LogP contribution is 2.27. The van der Waals surface area contributed by atoms with Crippen LogP contribution in [0, 0.1) is 6.92 Å². The van der Waals surface area contributed by atoms with Crippen LogP contribution in [0.25, 0.3) is 0 Å². The van der Waals surface area contributed by atoms with Gasteiger partial charge < -0.3 is 14.7 Å². The molecule has 1 heterocycles. The van der Waals surface area contributed by atoms with E-state index in [-0.39, 0.29) is 18.1 Å². The second-order valence-electron chi connectivity index (χ2n) is 5.94. The van der Waals surface area contributed by atoms with Crippen LogP contribution in [0.5, 0.6) is 5.75 Å². The lowest BCUT2D eigenvalue weighted by Gasteiger charge is -2.36. The third-order valence-corrected chi connectivity index (χ3v) is 4.09. The molecule has 116 valence electrons. The Morgan fingerprint density at radius 2 is 2.24 bits per heavy atom. The number of aryl methyl sites for hydroxylation is 1. The van der Waals surface area contributed by atoms with E-state index in [0.29, 0.717) is 17.7 Å². The number of ether oxygens (including phenoxy) is 1. The van der Waals surface area contributed by atoms with Crippen LogP contribution in [0.2, 0.25) is 0 Å². The quantitative estimate of drug-likeness (QED) is 0.928. The molecule has 1 fully saturated rings. The van der Waals surface area contributed by atoms with E-state index in [1.807, 2.05) is 30.0 Å². The summed E-state index contributed by atoms with van der Waals surface area (Å²) in [5, 5.41) is 9.66. The number of benzene rings is 1. The molecular formula is C17H25NO3. The van der Waals surface area contributed by atoms with Gasteiger partial charge in [0.05, 0.1) is 18.8 Å². The highest BCUT2D eigenvalue weighted by molar-refractivity contribution is 5.97. The number of nitrogens with zero attached hydrogens (tertiary/aromatic N) is 1. The summed E-state index contributed by atoms with van der Waals surface area (Å²) in [6.07, 6.45) is 3.36. The minimum absolute atomic E-state index is 0.0147. The van der Waals surface area contributed by atoms with E-state index in [1.165, 1.54) is 0 Å². The van der Waals surface area contributed by atoms with Crippen LogP contribution in [-0.4, -0.2) is 41.7 Å². The molecule has 2 unspecified atom stereocenters. The Labute approximate surface area is 126 Å². The lowest BCUT2D eigenvalue weighted by Crippen LogP contribution is -2.45. The maximum absolute atomic E-state index is 12.9. The van der Waals surface area contributed by atoms with Crippen molar-refractivity contribution in [3.8, 4) is 5.75 Å². The van der Waals surface area contributed by atoms with Crippen molar-refractivity contribution >= 4 is 5.91 Å². The average molecular weight is 291 g/mol. The maximum atomic E-state index is 12.9. The molecule has 0 radical (unpaired) electrons. The van der Waals surface area contributed by atoms with E-state index >= 15 is 0 Å². The van der Waals surface area contributed by atoms with Crippen LogP contribution >= 0.6 is 0 Å². The number of aliphatic hydroxyl groups is 1. The van der Waals surface area contributed by atoms with Crippen LogP contribution in [0.1, 0.15) is 48.5 Å². The number of hydrogen-bond acceptors (Lipinski definition) is 3. The Kier molecular flexibility index (Phi) is 5.23. The number of rotatable bonds is 4. The second-order valence-corrected chi connectivity index (χ2v) is 5.94. The molecule has 4 heteroatoms. The van der Waals surface area contributed by atoms with Crippen LogP contribution in [0.3, 0.4) is 0 Å². The maximum Gasteiger partial charge on any atom is 0.257 e. The molecule has 21 heavy (non-hydrogen) atoms. The van der Waals surface area contributed by atoms with E-state index < -0.39 is 0 Å². The van der Waals surface area contributed by atoms with E-state index in [9.17, 15) is 9.90 Å². The van der Waals surface area contributed by atoms with Crippen molar-refractivity contribution in [1.82, 2.24) is 4.90 Å². The predicted octanol–water partition coefficient (Wildman–Crippen LogP) is 2.77. The minimum Gasteiger partial charge on any atom is -0.496 e. The van der Waals surface area contributed by atoms with Crippen LogP contribution in [0.15, 0.2) is 18.2 Å². The third kappa shape index (κ3) is 3.76. The van der Waals surface area contributed by atoms with Gasteiger partial charge in [-0.15, -0.1) is 0 Å². The molecule has 1 amide bonds. The third-order valence-electron chi connectivity index (χ3n) is 4.09. The molecule has 0 spiro atoms. The van der Waals surface area contributed by atoms with Gasteiger partial charge in [0.25, 0.3) is 5.91 Å². The predicted molar refractivity (Wildman–Crippen MR) is 82.7 cm³/mol. The number of piperidine rings is 1. The van der Waals surface area contributed by atoms with Crippen molar-refractivity contribution in [3.63, 3.8) is 0 Å². The van der Waals surface area contributed by atoms with Crippen molar-refractivity contribution in [2.75, 3.05) is 13.7 Å². The topological polar surface area (TPSA) is 49.8 Å². The molecule has 2 atom stereocenters. The van der Waals surface area contributed by atoms with Crippen LogP contribution in [-0.2, 0) is 0 Å². The lowest BCUT2D eigenvalue weighted by molar-refractivity contribution is 0.0512. The molecule has 0 aliphatic carbocycles. The zero-order valence-electron chi connectivity index (χ0n) is 13.1. The smallest absolute Gasteiger partial charge is 0.257 e. The van der Waals surface area contributed by atoms with Crippen LogP contribution < -0.4 is 4.74 Å². The summed E-state index contributed by atoms with van der Waals surface area (Å²) in [5.74, 6) is 0.632. The van der Waals surface area contributed by atoms with Gasteiger partial charge >= 0.3 is 0 Å². The van der Waals surface area contributed by atoms with Gasteiger partial charge in [-0.1, -0.05) is 11.6 Å². The van der Waals surface area contributed by atoms with Crippen molar-refractivity contribution in [2.45, 2.75) is 51.7 Å². The zero-order valence-corrected chi connectivity index (χ0v) is 13.1. The Bertz CT molecular complexity index is 499. The molecule has 0 saturated carbocycles. The first-order valence-corrected chi connectivity index (χ1v) is 7.66. The fourth-order valence-corrected chi connectivity index (χ4v) is 3.05. The Hall–Kier alpha value is -1.55. The van der Waals surface area contributed by atoms with Gasteiger partial charge in [-0.3, -0.25) is 4.79 Å². The first-order chi connectivity index (χ1) is 10.0. The Morgan fingerprint density at radius 1 is 1.48 bits per heavy atom. The number of carbonyl (C=O) groups excluding carboxylic acids is 1. The van der Waals surface area contributed by atoms with E-state index in [2.05, 4.69) is 0 Å². The van der Waals surface area contributed by atoms with Gasteiger partial charge in [0.2, 0.25) is 0 Å². The largest absolute Gasteiger partial charge is 0.496 e. The van der Waals surface area contributed by atoms with E-state index in [4.69, 9.17) is 4.74 Å². The highest BCUT2D eigenvalue weighted by atomic mass is 16.5. The lowest BCUT2D eigenvalue weighted by atomic mass is 9.96. The Morgan fingerprint density at radius 3 is 2.90 bits per heavy atom. The number of likely N-dealkylation sites (tertiary alicyclic amines) is 1. The van der Waals surface area contributed by atoms with Gasteiger partial charge in [0, 0.05) is 12.6 Å². The van der Waals surface area contributed by atoms with Gasteiger partial charge in [0.1, 0.15) is 5.75 Å². The first kappa shape index (κ1) is 15.8. The number of carbonyl (C=O) groups is 1. The van der Waals surface area contributed by atoms with Gasteiger partial charge in [-0.2, -0.15) is 0 Å². The molecule has 4 nitrogen and oxygen atoms in total.